The molecule has 0 aliphatic carbocycles. The summed E-state index contributed by atoms with van der Waals surface area (Å²) in [5.41, 5.74) is 4.72. The zero-order chi connectivity index (χ0) is 23.5. The molecule has 0 amide bonds. The first-order valence-electron chi connectivity index (χ1n) is 10.0. The molecule has 166 valence electrons. The fourth-order valence-corrected chi connectivity index (χ4v) is 3.32. The summed E-state index contributed by atoms with van der Waals surface area (Å²) in [5.74, 6) is -1.66. The SMILES string of the molecule is Cn1c(=O)c(C(=O)COC(=O)C(C)(C)c2ccccc2)c(N)n(Cc2ccccc2)c1=O. The van der Waals surface area contributed by atoms with Crippen molar-refractivity contribution in [1.82, 2.24) is 9.13 Å². The highest BCUT2D eigenvalue weighted by molar-refractivity contribution is 6.01. The number of nitrogen functional groups attached to an aromatic ring is 1. The summed E-state index contributed by atoms with van der Waals surface area (Å²) in [6.45, 7) is 2.78. The van der Waals surface area contributed by atoms with Crippen LogP contribution in [0.5, 0.6) is 0 Å². The number of anilines is 1. The van der Waals surface area contributed by atoms with Crippen molar-refractivity contribution in [2.24, 2.45) is 7.05 Å². The summed E-state index contributed by atoms with van der Waals surface area (Å²) in [4.78, 5) is 50.7. The number of hydrogen-bond donors (Lipinski definition) is 1. The van der Waals surface area contributed by atoms with Crippen LogP contribution >= 0.6 is 0 Å². The molecule has 1 aromatic heterocycles. The second-order valence-corrected chi connectivity index (χ2v) is 7.97. The molecule has 3 rings (SSSR count). The minimum Gasteiger partial charge on any atom is -0.457 e. The van der Waals surface area contributed by atoms with Gasteiger partial charge in [0, 0.05) is 7.05 Å². The van der Waals surface area contributed by atoms with Gasteiger partial charge in [0.15, 0.2) is 6.61 Å². The summed E-state index contributed by atoms with van der Waals surface area (Å²) in [5, 5.41) is 0. The van der Waals surface area contributed by atoms with Gasteiger partial charge >= 0.3 is 11.7 Å². The molecule has 3 aromatic rings. The number of rotatable bonds is 7. The van der Waals surface area contributed by atoms with Crippen molar-refractivity contribution in [3.63, 3.8) is 0 Å². The molecule has 0 aliphatic rings. The van der Waals surface area contributed by atoms with Gasteiger partial charge in [-0.05, 0) is 25.0 Å². The highest BCUT2D eigenvalue weighted by Crippen LogP contribution is 2.24. The molecule has 2 aromatic carbocycles. The van der Waals surface area contributed by atoms with E-state index in [0.29, 0.717) is 0 Å². The van der Waals surface area contributed by atoms with Crippen LogP contribution in [0.15, 0.2) is 70.3 Å². The van der Waals surface area contributed by atoms with E-state index in [-0.39, 0.29) is 17.9 Å². The minimum atomic E-state index is -0.996. The highest BCUT2D eigenvalue weighted by Gasteiger charge is 2.32. The average molecular weight is 435 g/mol. The predicted octanol–water partition coefficient (Wildman–Crippen LogP) is 1.88. The molecule has 1 heterocycles. The van der Waals surface area contributed by atoms with Crippen LogP contribution < -0.4 is 17.0 Å². The van der Waals surface area contributed by atoms with Gasteiger partial charge in [0.2, 0.25) is 5.78 Å². The molecule has 2 N–H and O–H groups in total. The fraction of sp³-hybridized carbons (Fsp3) is 0.250. The Balaban J connectivity index is 1.87. The van der Waals surface area contributed by atoms with Crippen LogP contribution in [0.3, 0.4) is 0 Å². The van der Waals surface area contributed by atoms with Gasteiger partial charge in [-0.3, -0.25) is 23.5 Å². The Labute approximate surface area is 184 Å². The van der Waals surface area contributed by atoms with Gasteiger partial charge in [-0.2, -0.15) is 0 Å². The number of ketones is 1. The molecule has 0 bridgehead atoms. The Morgan fingerprint density at radius 2 is 1.53 bits per heavy atom. The Morgan fingerprint density at radius 3 is 2.12 bits per heavy atom. The first-order valence-corrected chi connectivity index (χ1v) is 10.0. The average Bonchev–Trinajstić information content (AvgIpc) is 2.80. The maximum Gasteiger partial charge on any atom is 0.332 e. The lowest BCUT2D eigenvalue weighted by molar-refractivity contribution is -0.148. The lowest BCUT2D eigenvalue weighted by Gasteiger charge is -2.23. The zero-order valence-corrected chi connectivity index (χ0v) is 18.2. The van der Waals surface area contributed by atoms with E-state index in [0.717, 1.165) is 20.3 Å². The largest absolute Gasteiger partial charge is 0.457 e. The number of carbonyl (C=O) groups excluding carboxylic acids is 2. The van der Waals surface area contributed by atoms with E-state index in [4.69, 9.17) is 10.5 Å². The molecule has 8 nitrogen and oxygen atoms in total. The van der Waals surface area contributed by atoms with Crippen molar-refractivity contribution in [3.05, 3.63) is 98.2 Å². The van der Waals surface area contributed by atoms with Crippen LogP contribution in [0.2, 0.25) is 0 Å². The van der Waals surface area contributed by atoms with Crippen molar-refractivity contribution in [2.45, 2.75) is 25.8 Å². The van der Waals surface area contributed by atoms with Gasteiger partial charge < -0.3 is 10.5 Å². The summed E-state index contributed by atoms with van der Waals surface area (Å²) in [6.07, 6.45) is 0. The molecule has 32 heavy (non-hydrogen) atoms. The molecule has 0 aliphatic heterocycles. The molecule has 0 radical (unpaired) electrons. The number of hydrogen-bond acceptors (Lipinski definition) is 6. The van der Waals surface area contributed by atoms with E-state index >= 15 is 0 Å². The van der Waals surface area contributed by atoms with E-state index in [9.17, 15) is 19.2 Å². The third-order valence-corrected chi connectivity index (χ3v) is 5.39. The molecular formula is C24H25N3O5. The minimum absolute atomic E-state index is 0.0841. The van der Waals surface area contributed by atoms with Gasteiger partial charge in [0.1, 0.15) is 11.4 Å². The number of ether oxygens (including phenoxy) is 1. The number of carbonyl (C=O) groups is 2. The summed E-state index contributed by atoms with van der Waals surface area (Å²) in [7, 11) is 1.27. The third-order valence-electron chi connectivity index (χ3n) is 5.39. The molecule has 0 atom stereocenters. The maximum atomic E-state index is 12.8. The zero-order valence-electron chi connectivity index (χ0n) is 18.2. The van der Waals surface area contributed by atoms with Crippen molar-refractivity contribution < 1.29 is 14.3 Å². The number of nitrogens with zero attached hydrogens (tertiary/aromatic N) is 2. The van der Waals surface area contributed by atoms with Gasteiger partial charge in [0.25, 0.3) is 5.56 Å². The van der Waals surface area contributed by atoms with Crippen LogP contribution in [0, 0.1) is 0 Å². The van der Waals surface area contributed by atoms with Gasteiger partial charge in [-0.25, -0.2) is 4.79 Å². The van der Waals surface area contributed by atoms with E-state index in [2.05, 4.69) is 0 Å². The van der Waals surface area contributed by atoms with Gasteiger partial charge in [-0.1, -0.05) is 60.7 Å². The predicted molar refractivity (Wildman–Crippen MR) is 121 cm³/mol. The van der Waals surface area contributed by atoms with Crippen molar-refractivity contribution in [2.75, 3.05) is 12.3 Å². The Morgan fingerprint density at radius 1 is 0.969 bits per heavy atom. The van der Waals surface area contributed by atoms with Crippen molar-refractivity contribution in [1.29, 1.82) is 0 Å². The molecule has 0 unspecified atom stereocenters. The highest BCUT2D eigenvalue weighted by atomic mass is 16.5. The monoisotopic (exact) mass is 435 g/mol. The number of benzene rings is 2. The topological polar surface area (TPSA) is 113 Å². The standard InChI is InChI=1S/C24H25N3O5/c1-24(2,17-12-8-5-9-13-17)22(30)32-15-18(28)19-20(25)27(23(31)26(3)21(19)29)14-16-10-6-4-7-11-16/h4-13H,14-15,25H2,1-3H3. The van der Waals surface area contributed by atoms with E-state index < -0.39 is 35.0 Å². The van der Waals surface area contributed by atoms with Crippen LogP contribution in [-0.2, 0) is 28.5 Å². The molecule has 0 saturated heterocycles. The second-order valence-electron chi connectivity index (χ2n) is 7.97. The summed E-state index contributed by atoms with van der Waals surface area (Å²) < 4.78 is 7.21. The molecule has 8 heteroatoms. The fourth-order valence-electron chi connectivity index (χ4n) is 3.32. The first-order chi connectivity index (χ1) is 15.1. The lowest BCUT2D eigenvalue weighted by atomic mass is 9.85. The quantitative estimate of drug-likeness (QED) is 0.448. The first kappa shape index (κ1) is 22.7. The van der Waals surface area contributed by atoms with Crippen LogP contribution in [0.25, 0.3) is 0 Å². The molecule has 0 spiro atoms. The van der Waals surface area contributed by atoms with Crippen LogP contribution in [-0.4, -0.2) is 27.5 Å². The summed E-state index contributed by atoms with van der Waals surface area (Å²) >= 11 is 0. The molecular weight excluding hydrogens is 410 g/mol. The third kappa shape index (κ3) is 4.39. The molecule has 0 fully saturated rings. The van der Waals surface area contributed by atoms with Gasteiger partial charge in [0.05, 0.1) is 12.0 Å². The summed E-state index contributed by atoms with van der Waals surface area (Å²) in [6, 6.07) is 18.0. The number of aromatic nitrogens is 2. The number of esters is 1. The van der Waals surface area contributed by atoms with Crippen LogP contribution in [0.4, 0.5) is 5.82 Å². The Kier molecular flexibility index (Phi) is 6.43. The Bertz CT molecular complexity index is 1260. The van der Waals surface area contributed by atoms with E-state index in [1.807, 2.05) is 12.1 Å². The lowest BCUT2D eigenvalue weighted by Crippen LogP contribution is -2.43. The van der Waals surface area contributed by atoms with E-state index in [1.165, 1.54) is 7.05 Å². The van der Waals surface area contributed by atoms with Crippen molar-refractivity contribution in [3.8, 4) is 0 Å². The normalized spacial score (nSPS) is 11.2. The maximum absolute atomic E-state index is 12.8. The van der Waals surface area contributed by atoms with Crippen molar-refractivity contribution >= 4 is 17.6 Å². The molecule has 0 saturated carbocycles. The van der Waals surface area contributed by atoms with Gasteiger partial charge in [-0.15, -0.1) is 0 Å². The smallest absolute Gasteiger partial charge is 0.332 e. The van der Waals surface area contributed by atoms with E-state index in [1.54, 1.807) is 62.4 Å². The van der Waals surface area contributed by atoms with Crippen LogP contribution in [0.1, 0.15) is 35.3 Å². The number of nitrogens with two attached hydrogens (primary N) is 1. The second kappa shape index (κ2) is 9.05. The number of Topliss-reactive ketones (excluding diaryl/α,β-unsaturated/α-hetero) is 1. The Hall–Kier alpha value is -3.94.